The predicted molar refractivity (Wildman–Crippen MR) is 73.7 cm³/mol. The zero-order valence-electron chi connectivity index (χ0n) is 11.0. The highest BCUT2D eigenvalue weighted by Gasteiger charge is 2.13. The summed E-state index contributed by atoms with van der Waals surface area (Å²) in [6.45, 7) is 8.04. The van der Waals surface area contributed by atoms with Crippen LogP contribution in [0.2, 0.25) is 19.6 Å². The van der Waals surface area contributed by atoms with Crippen molar-refractivity contribution in [2.24, 2.45) is 0 Å². The largest absolute Gasteiger partial charge is 0.478 e. The average molecular weight is 260 g/mol. The summed E-state index contributed by atoms with van der Waals surface area (Å²) in [5.41, 5.74) is 4.89. The van der Waals surface area contributed by atoms with Crippen LogP contribution in [0.4, 0.5) is 0 Å². The molecule has 0 bridgehead atoms. The molecule has 0 aliphatic carbocycles. The third-order valence-electron chi connectivity index (χ3n) is 2.37. The van der Waals surface area contributed by atoms with E-state index in [1.807, 2.05) is 0 Å². The van der Waals surface area contributed by atoms with E-state index in [0.717, 1.165) is 0 Å². The molecule has 0 aliphatic rings. The lowest BCUT2D eigenvalue weighted by Crippen LogP contribution is -2.16. The van der Waals surface area contributed by atoms with E-state index < -0.39 is 14.0 Å². The summed E-state index contributed by atoms with van der Waals surface area (Å²) < 4.78 is 0. The van der Waals surface area contributed by atoms with Crippen LogP contribution in [-0.2, 0) is 0 Å². The van der Waals surface area contributed by atoms with Crippen molar-refractivity contribution in [1.29, 1.82) is 0 Å². The monoisotopic (exact) mass is 260 g/mol. The number of benzene rings is 1. The van der Waals surface area contributed by atoms with Crippen LogP contribution in [0.3, 0.4) is 0 Å². The zero-order chi connectivity index (χ0) is 13.9. The highest BCUT2D eigenvalue weighted by molar-refractivity contribution is 6.83. The fraction of sp³-hybridized carbons (Fsp3) is 0.286. The molecule has 94 valence electrons. The molecule has 1 aromatic carbocycles. The molecule has 0 aliphatic heterocycles. The first-order valence-electron chi connectivity index (χ1n) is 5.61. The number of hydrogen-bond donors (Lipinski definition) is 1. The van der Waals surface area contributed by atoms with Crippen LogP contribution in [0, 0.1) is 18.4 Å². The molecule has 18 heavy (non-hydrogen) atoms. The lowest BCUT2D eigenvalue weighted by molar-refractivity contribution is 0.0696. The maximum absolute atomic E-state index is 11.1. The van der Waals surface area contributed by atoms with Crippen LogP contribution in [0.15, 0.2) is 12.1 Å². The topological polar surface area (TPSA) is 54.4 Å². The molecule has 0 heterocycles. The molecule has 0 fully saturated rings. The number of carbonyl (C=O) groups is 2. The Labute approximate surface area is 108 Å². The minimum absolute atomic E-state index is 0.138. The molecular weight excluding hydrogens is 244 g/mol. The van der Waals surface area contributed by atoms with Gasteiger partial charge in [0.2, 0.25) is 0 Å². The molecular formula is C14H16O3Si. The Kier molecular flexibility index (Phi) is 4.10. The Morgan fingerprint density at radius 3 is 2.39 bits per heavy atom. The molecule has 0 unspecified atom stereocenters. The van der Waals surface area contributed by atoms with Gasteiger partial charge in [0.05, 0.1) is 5.56 Å². The van der Waals surface area contributed by atoms with Crippen LogP contribution in [0.1, 0.15) is 31.8 Å². The lowest BCUT2D eigenvalue weighted by Gasteiger charge is -2.07. The van der Waals surface area contributed by atoms with Gasteiger partial charge in [-0.15, -0.1) is 5.54 Å². The maximum Gasteiger partial charge on any atom is 0.336 e. The third-order valence-corrected chi connectivity index (χ3v) is 3.24. The summed E-state index contributed by atoms with van der Waals surface area (Å²) in [6.07, 6.45) is 0.644. The maximum atomic E-state index is 11.1. The second kappa shape index (κ2) is 5.19. The Morgan fingerprint density at radius 1 is 1.33 bits per heavy atom. The first-order valence-corrected chi connectivity index (χ1v) is 9.11. The van der Waals surface area contributed by atoms with Gasteiger partial charge in [0.25, 0.3) is 0 Å². The van der Waals surface area contributed by atoms with Gasteiger partial charge in [-0.1, -0.05) is 25.6 Å². The van der Waals surface area contributed by atoms with Crippen molar-refractivity contribution in [1.82, 2.24) is 0 Å². The minimum atomic E-state index is -1.53. The normalized spacial score (nSPS) is 10.4. The van der Waals surface area contributed by atoms with E-state index in [9.17, 15) is 9.59 Å². The highest BCUT2D eigenvalue weighted by atomic mass is 28.3. The summed E-state index contributed by atoms with van der Waals surface area (Å²) in [5.74, 6) is 1.98. The number of aromatic carboxylic acids is 1. The molecule has 1 aromatic rings. The number of rotatable bonds is 2. The number of carbonyl (C=O) groups excluding carboxylic acids is 1. The van der Waals surface area contributed by atoms with Gasteiger partial charge in [0, 0.05) is 11.1 Å². The molecule has 0 aromatic heterocycles. The second-order valence-electron chi connectivity index (χ2n) is 5.16. The van der Waals surface area contributed by atoms with Gasteiger partial charge < -0.3 is 5.11 Å². The van der Waals surface area contributed by atoms with Gasteiger partial charge in [-0.05, 0) is 24.6 Å². The van der Waals surface area contributed by atoms with Crippen LogP contribution >= 0.6 is 0 Å². The molecule has 0 spiro atoms. The Bertz CT molecular complexity index is 557. The number of carboxylic acids is 1. The molecule has 0 saturated heterocycles. The van der Waals surface area contributed by atoms with E-state index in [-0.39, 0.29) is 5.56 Å². The quantitative estimate of drug-likeness (QED) is 0.505. The molecule has 1 N–H and O–H groups in total. The summed E-state index contributed by atoms with van der Waals surface area (Å²) in [4.78, 5) is 21.9. The fourth-order valence-electron chi connectivity index (χ4n) is 1.41. The minimum Gasteiger partial charge on any atom is -0.478 e. The van der Waals surface area contributed by atoms with Crippen LogP contribution in [0.25, 0.3) is 0 Å². The van der Waals surface area contributed by atoms with Crippen molar-refractivity contribution < 1.29 is 14.7 Å². The van der Waals surface area contributed by atoms with Gasteiger partial charge in [-0.25, -0.2) is 4.79 Å². The summed E-state index contributed by atoms with van der Waals surface area (Å²) in [7, 11) is -1.53. The van der Waals surface area contributed by atoms with Gasteiger partial charge in [-0.3, -0.25) is 4.79 Å². The van der Waals surface area contributed by atoms with E-state index in [1.165, 1.54) is 6.07 Å². The van der Waals surface area contributed by atoms with E-state index >= 15 is 0 Å². The Morgan fingerprint density at radius 2 is 1.94 bits per heavy atom. The van der Waals surface area contributed by atoms with Crippen molar-refractivity contribution in [3.63, 3.8) is 0 Å². The van der Waals surface area contributed by atoms with Crippen LogP contribution in [-0.4, -0.2) is 25.4 Å². The van der Waals surface area contributed by atoms with Crippen LogP contribution < -0.4 is 0 Å². The van der Waals surface area contributed by atoms with Gasteiger partial charge >= 0.3 is 5.97 Å². The summed E-state index contributed by atoms with van der Waals surface area (Å²) >= 11 is 0. The van der Waals surface area contributed by atoms with Crippen molar-refractivity contribution in [3.05, 3.63) is 34.4 Å². The molecule has 0 amide bonds. The average Bonchev–Trinajstić information content (AvgIpc) is 2.26. The molecule has 3 nitrogen and oxygen atoms in total. The predicted octanol–water partition coefficient (Wildman–Crippen LogP) is 2.73. The first-order chi connectivity index (χ1) is 8.24. The lowest BCUT2D eigenvalue weighted by atomic mass is 9.99. The second-order valence-corrected chi connectivity index (χ2v) is 9.91. The Hall–Kier alpha value is -1.86. The molecule has 4 heteroatoms. The standard InChI is InChI=1S/C14H16O3Si/c1-10-12(5-6-18(2,3)4)7-11(9-15)8-13(10)14(16)17/h7-9H,1-4H3,(H,16,17). The van der Waals surface area contributed by atoms with E-state index in [0.29, 0.717) is 23.0 Å². The van der Waals surface area contributed by atoms with Crippen molar-refractivity contribution in [2.75, 3.05) is 0 Å². The summed E-state index contributed by atoms with van der Waals surface area (Å²) in [5, 5.41) is 9.08. The van der Waals surface area contributed by atoms with E-state index in [2.05, 4.69) is 31.1 Å². The van der Waals surface area contributed by atoms with Gasteiger partial charge in [-0.2, -0.15) is 0 Å². The smallest absolute Gasteiger partial charge is 0.336 e. The van der Waals surface area contributed by atoms with E-state index in [4.69, 9.17) is 5.11 Å². The highest BCUT2D eigenvalue weighted by Crippen LogP contribution is 2.16. The van der Waals surface area contributed by atoms with Crippen LogP contribution in [0.5, 0.6) is 0 Å². The Balaban J connectivity index is 3.43. The van der Waals surface area contributed by atoms with E-state index in [1.54, 1.807) is 13.0 Å². The first kappa shape index (κ1) is 14.2. The van der Waals surface area contributed by atoms with Crippen molar-refractivity contribution in [2.45, 2.75) is 26.6 Å². The SMILES string of the molecule is Cc1c(C#C[Si](C)(C)C)cc(C=O)cc1C(=O)O. The number of aldehydes is 1. The van der Waals surface area contributed by atoms with Crippen molar-refractivity contribution in [3.8, 4) is 11.5 Å². The molecule has 0 atom stereocenters. The third kappa shape index (κ3) is 3.57. The molecule has 1 rings (SSSR count). The number of carboxylic acid groups (broad SMARTS) is 1. The fourth-order valence-corrected chi connectivity index (χ4v) is 1.92. The van der Waals surface area contributed by atoms with Gasteiger partial charge in [0.1, 0.15) is 14.4 Å². The van der Waals surface area contributed by atoms with Crippen molar-refractivity contribution >= 4 is 20.3 Å². The van der Waals surface area contributed by atoms with Gasteiger partial charge in [0.15, 0.2) is 0 Å². The summed E-state index contributed by atoms with van der Waals surface area (Å²) in [6, 6.07) is 3.02. The molecule has 0 radical (unpaired) electrons. The zero-order valence-corrected chi connectivity index (χ0v) is 12.0. The molecule has 0 saturated carbocycles. The number of hydrogen-bond acceptors (Lipinski definition) is 2.